The monoisotopic (exact) mass is 361 g/mol. The Labute approximate surface area is 160 Å². The van der Waals surface area contributed by atoms with Crippen LogP contribution in [0, 0.1) is 0 Å². The van der Waals surface area contributed by atoms with E-state index in [1.54, 1.807) is 0 Å². The Bertz CT molecular complexity index is 881. The second-order valence-electron chi connectivity index (χ2n) is 7.44. The molecule has 3 aromatic rings. The number of para-hydroxylation sites is 1. The number of carbonyl (C=O) groups is 1. The fourth-order valence-electron chi connectivity index (χ4n) is 4.15. The van der Waals surface area contributed by atoms with Crippen molar-refractivity contribution in [2.45, 2.75) is 44.1 Å². The van der Waals surface area contributed by atoms with Crippen LogP contribution in [0.1, 0.15) is 49.1 Å². The number of nitrogens with one attached hydrogen (secondary N) is 3. The van der Waals surface area contributed by atoms with Crippen molar-refractivity contribution < 1.29 is 4.79 Å². The van der Waals surface area contributed by atoms with E-state index in [2.05, 4.69) is 64.3 Å². The van der Waals surface area contributed by atoms with Gasteiger partial charge in [-0.05, 0) is 30.0 Å². The van der Waals surface area contributed by atoms with Crippen molar-refractivity contribution in [1.82, 2.24) is 15.6 Å². The van der Waals surface area contributed by atoms with E-state index in [0.717, 1.165) is 18.4 Å². The molecule has 140 valence electrons. The minimum Gasteiger partial charge on any atom is -0.361 e. The Hall–Kier alpha value is -2.75. The standard InChI is InChI=1S/C23H27N3O/c27-23(26-18-11-5-2-6-12-18)25-15-20(17-9-3-1-4-10-17)21-16-24-22-14-8-7-13-19(21)22/h1,3-4,7-10,13-14,16,18,20,24H,2,5-6,11-12,15H2,(H2,25,26,27)/t20-/m0/s1. The number of aromatic amines is 1. The van der Waals surface area contributed by atoms with Gasteiger partial charge < -0.3 is 15.6 Å². The molecule has 27 heavy (non-hydrogen) atoms. The Morgan fingerprint density at radius 2 is 1.74 bits per heavy atom. The second kappa shape index (κ2) is 8.30. The number of carbonyl (C=O) groups excluding carboxylic acids is 1. The van der Waals surface area contributed by atoms with Crippen LogP contribution in [-0.4, -0.2) is 23.6 Å². The van der Waals surface area contributed by atoms with Crippen molar-refractivity contribution in [3.8, 4) is 0 Å². The summed E-state index contributed by atoms with van der Waals surface area (Å²) in [5, 5.41) is 7.48. The molecule has 1 heterocycles. The van der Waals surface area contributed by atoms with Gasteiger partial charge in [0, 0.05) is 35.6 Å². The summed E-state index contributed by atoms with van der Waals surface area (Å²) in [7, 11) is 0. The van der Waals surface area contributed by atoms with Gasteiger partial charge in [-0.15, -0.1) is 0 Å². The molecule has 1 saturated carbocycles. The smallest absolute Gasteiger partial charge is 0.315 e. The van der Waals surface area contributed by atoms with Gasteiger partial charge in [-0.3, -0.25) is 0 Å². The molecule has 0 saturated heterocycles. The quantitative estimate of drug-likeness (QED) is 0.593. The second-order valence-corrected chi connectivity index (χ2v) is 7.44. The zero-order valence-corrected chi connectivity index (χ0v) is 15.6. The molecule has 1 aliphatic rings. The number of hydrogen-bond donors (Lipinski definition) is 3. The summed E-state index contributed by atoms with van der Waals surface area (Å²) >= 11 is 0. The first-order chi connectivity index (χ1) is 13.3. The lowest BCUT2D eigenvalue weighted by Crippen LogP contribution is -2.44. The third-order valence-electron chi connectivity index (χ3n) is 5.61. The van der Waals surface area contributed by atoms with E-state index in [-0.39, 0.29) is 11.9 Å². The lowest BCUT2D eigenvalue weighted by molar-refractivity contribution is 0.232. The van der Waals surface area contributed by atoms with Gasteiger partial charge in [0.15, 0.2) is 0 Å². The predicted molar refractivity (Wildman–Crippen MR) is 110 cm³/mol. The molecule has 0 unspecified atom stereocenters. The zero-order chi connectivity index (χ0) is 18.5. The maximum atomic E-state index is 12.5. The van der Waals surface area contributed by atoms with Crippen LogP contribution in [0.4, 0.5) is 4.79 Å². The zero-order valence-electron chi connectivity index (χ0n) is 15.6. The molecule has 1 atom stereocenters. The number of rotatable bonds is 5. The fourth-order valence-corrected chi connectivity index (χ4v) is 4.15. The highest BCUT2D eigenvalue weighted by molar-refractivity contribution is 5.84. The lowest BCUT2D eigenvalue weighted by Gasteiger charge is -2.24. The number of hydrogen-bond acceptors (Lipinski definition) is 1. The Kier molecular flexibility index (Phi) is 5.42. The molecule has 3 N–H and O–H groups in total. The summed E-state index contributed by atoms with van der Waals surface area (Å²) in [4.78, 5) is 15.8. The lowest BCUT2D eigenvalue weighted by atomic mass is 9.91. The fraction of sp³-hybridized carbons (Fsp3) is 0.348. The topological polar surface area (TPSA) is 56.9 Å². The summed E-state index contributed by atoms with van der Waals surface area (Å²) in [5.41, 5.74) is 3.55. The molecule has 0 aliphatic heterocycles. The summed E-state index contributed by atoms with van der Waals surface area (Å²) in [5.74, 6) is 0.111. The van der Waals surface area contributed by atoms with Gasteiger partial charge in [0.2, 0.25) is 0 Å². The highest BCUT2D eigenvalue weighted by Gasteiger charge is 2.20. The Morgan fingerprint density at radius 1 is 1.00 bits per heavy atom. The SMILES string of the molecule is O=C(NC[C@@H](c1ccccc1)c1c[nH]c2ccccc12)NC1CCCCC1. The van der Waals surface area contributed by atoms with Gasteiger partial charge in [0.25, 0.3) is 0 Å². The van der Waals surface area contributed by atoms with Crippen molar-refractivity contribution in [3.63, 3.8) is 0 Å². The van der Waals surface area contributed by atoms with Gasteiger partial charge in [-0.2, -0.15) is 0 Å². The highest BCUT2D eigenvalue weighted by atomic mass is 16.2. The Morgan fingerprint density at radius 3 is 2.56 bits per heavy atom. The number of H-pyrrole nitrogens is 1. The van der Waals surface area contributed by atoms with E-state index >= 15 is 0 Å². The van der Waals surface area contributed by atoms with Crippen LogP contribution in [-0.2, 0) is 0 Å². The summed E-state index contributed by atoms with van der Waals surface area (Å²) in [6, 6.07) is 19.0. The maximum Gasteiger partial charge on any atom is 0.315 e. The first-order valence-electron chi connectivity index (χ1n) is 9.96. The van der Waals surface area contributed by atoms with E-state index in [4.69, 9.17) is 0 Å². The third kappa shape index (κ3) is 4.16. The normalized spacial score (nSPS) is 16.1. The minimum atomic E-state index is -0.0531. The minimum absolute atomic E-state index is 0.0531. The molecular weight excluding hydrogens is 334 g/mol. The van der Waals surface area contributed by atoms with E-state index in [9.17, 15) is 4.79 Å². The molecule has 1 aliphatic carbocycles. The van der Waals surface area contributed by atoms with Crippen LogP contribution in [0.5, 0.6) is 0 Å². The number of aromatic nitrogens is 1. The van der Waals surface area contributed by atoms with Crippen molar-refractivity contribution in [3.05, 3.63) is 71.9 Å². The van der Waals surface area contributed by atoms with E-state index < -0.39 is 0 Å². The average molecular weight is 361 g/mol. The Balaban J connectivity index is 1.51. The molecule has 4 rings (SSSR count). The van der Waals surface area contributed by atoms with Crippen LogP contribution in [0.3, 0.4) is 0 Å². The molecule has 1 fully saturated rings. The molecule has 0 spiro atoms. The molecule has 0 radical (unpaired) electrons. The van der Waals surface area contributed by atoms with Crippen LogP contribution in [0.2, 0.25) is 0 Å². The highest BCUT2D eigenvalue weighted by Crippen LogP contribution is 2.30. The largest absolute Gasteiger partial charge is 0.361 e. The number of amides is 2. The first-order valence-corrected chi connectivity index (χ1v) is 9.96. The molecule has 4 heteroatoms. The van der Waals surface area contributed by atoms with Crippen LogP contribution in [0.25, 0.3) is 10.9 Å². The van der Waals surface area contributed by atoms with Gasteiger partial charge >= 0.3 is 6.03 Å². The van der Waals surface area contributed by atoms with E-state index in [1.165, 1.54) is 35.8 Å². The third-order valence-corrected chi connectivity index (χ3v) is 5.61. The van der Waals surface area contributed by atoms with E-state index in [0.29, 0.717) is 12.6 Å². The first kappa shape index (κ1) is 17.7. The van der Waals surface area contributed by atoms with Crippen molar-refractivity contribution >= 4 is 16.9 Å². The molecular formula is C23H27N3O. The predicted octanol–water partition coefficient (Wildman–Crippen LogP) is 4.93. The molecule has 2 amide bonds. The molecule has 2 aromatic carbocycles. The van der Waals surface area contributed by atoms with Gasteiger partial charge in [0.05, 0.1) is 0 Å². The van der Waals surface area contributed by atoms with Crippen molar-refractivity contribution in [1.29, 1.82) is 0 Å². The summed E-state index contributed by atoms with van der Waals surface area (Å²) in [6.45, 7) is 0.574. The van der Waals surface area contributed by atoms with Gasteiger partial charge in [-0.25, -0.2) is 4.79 Å². The summed E-state index contributed by atoms with van der Waals surface area (Å²) < 4.78 is 0. The number of benzene rings is 2. The molecule has 4 nitrogen and oxygen atoms in total. The van der Waals surface area contributed by atoms with Gasteiger partial charge in [0.1, 0.15) is 0 Å². The number of urea groups is 1. The molecule has 1 aromatic heterocycles. The average Bonchev–Trinajstić information content (AvgIpc) is 3.14. The van der Waals surface area contributed by atoms with Crippen LogP contribution in [0.15, 0.2) is 60.8 Å². The maximum absolute atomic E-state index is 12.5. The van der Waals surface area contributed by atoms with Gasteiger partial charge in [-0.1, -0.05) is 67.8 Å². The summed E-state index contributed by atoms with van der Waals surface area (Å²) in [6.07, 6.45) is 7.98. The van der Waals surface area contributed by atoms with Crippen LogP contribution < -0.4 is 10.6 Å². The van der Waals surface area contributed by atoms with Crippen LogP contribution >= 0.6 is 0 Å². The van der Waals surface area contributed by atoms with E-state index in [1.807, 2.05) is 12.1 Å². The van der Waals surface area contributed by atoms with Crippen molar-refractivity contribution in [2.75, 3.05) is 6.54 Å². The molecule has 0 bridgehead atoms. The van der Waals surface area contributed by atoms with Crippen molar-refractivity contribution in [2.24, 2.45) is 0 Å². The number of fused-ring (bicyclic) bond motifs is 1.